The van der Waals surface area contributed by atoms with Gasteiger partial charge in [-0.15, -0.1) is 5.10 Å². The number of carbonyl (C=O) groups excluding carboxylic acids is 1. The number of methoxy groups -OCH3 is 2. The average molecular weight is 956 g/mol. The van der Waals surface area contributed by atoms with E-state index in [0.717, 1.165) is 28.2 Å². The van der Waals surface area contributed by atoms with Crippen molar-refractivity contribution in [1.29, 1.82) is 5.26 Å². The quantitative estimate of drug-likeness (QED) is 0.0170. The first kappa shape index (κ1) is 53.6. The molecule has 0 N–H and O–H groups in total. The van der Waals surface area contributed by atoms with E-state index in [1.807, 2.05) is 72.8 Å². The number of carbonyl (C=O) groups is 1. The van der Waals surface area contributed by atoms with Crippen molar-refractivity contribution < 1.29 is 51.7 Å². The van der Waals surface area contributed by atoms with Crippen LogP contribution in [0, 0.1) is 11.3 Å². The smallest absolute Gasteiger partial charge is 0.338 e. The number of benzene rings is 4. The van der Waals surface area contributed by atoms with Crippen molar-refractivity contribution in [3.63, 3.8) is 0 Å². The third-order valence-corrected chi connectivity index (χ3v) is 12.5. The zero-order chi connectivity index (χ0) is 48.4. The van der Waals surface area contributed by atoms with Crippen LogP contribution in [0.5, 0.6) is 11.5 Å². The van der Waals surface area contributed by atoms with Gasteiger partial charge in [0, 0.05) is 12.1 Å². The minimum Gasteiger partial charge on any atom is -0.497 e. The zero-order valence-corrected chi connectivity index (χ0v) is 41.0. The van der Waals surface area contributed by atoms with Crippen LogP contribution >= 0.6 is 8.53 Å². The summed E-state index contributed by atoms with van der Waals surface area (Å²) in [4.78, 5) is 12.2. The van der Waals surface area contributed by atoms with Gasteiger partial charge in [-0.2, -0.15) is 5.26 Å². The lowest BCUT2D eigenvalue weighted by Crippen LogP contribution is -2.38. The van der Waals surface area contributed by atoms with E-state index >= 15 is 0 Å². The highest BCUT2D eigenvalue weighted by Gasteiger charge is 2.39. The molecule has 4 aromatic carbocycles. The molecule has 0 aliphatic carbocycles. The number of ether oxygens (including phenoxy) is 8. The summed E-state index contributed by atoms with van der Waals surface area (Å²) in [5.74, 6) is 1.06. The molecule has 366 valence electrons. The molecule has 0 radical (unpaired) electrons. The van der Waals surface area contributed by atoms with Crippen LogP contribution in [0.4, 0.5) is 0 Å². The Morgan fingerprint density at radius 1 is 0.691 bits per heavy atom. The first-order chi connectivity index (χ1) is 33.2. The largest absolute Gasteiger partial charge is 0.497 e. The van der Waals surface area contributed by atoms with Crippen molar-refractivity contribution >= 4 is 14.5 Å². The summed E-state index contributed by atoms with van der Waals surface area (Å²) in [6.45, 7) is 11.7. The van der Waals surface area contributed by atoms with E-state index in [2.05, 4.69) is 60.9 Å². The molecule has 0 fully saturated rings. The molecule has 5 rings (SSSR count). The molecule has 1 aromatic heterocycles. The Balaban J connectivity index is 1.17. The Kier molecular flexibility index (Phi) is 23.3. The molecular formula is C51H66N5O11P. The van der Waals surface area contributed by atoms with Crippen LogP contribution in [0.25, 0.3) is 0 Å². The van der Waals surface area contributed by atoms with Crippen LogP contribution in [0.1, 0.15) is 66.9 Å². The van der Waals surface area contributed by atoms with Gasteiger partial charge in [-0.1, -0.05) is 78.0 Å². The number of rotatable bonds is 33. The molecular weight excluding hydrogens is 890 g/mol. The third kappa shape index (κ3) is 16.7. The van der Waals surface area contributed by atoms with Gasteiger partial charge >= 0.3 is 5.97 Å². The van der Waals surface area contributed by atoms with E-state index in [9.17, 15) is 10.1 Å². The van der Waals surface area contributed by atoms with Gasteiger partial charge in [-0.3, -0.25) is 0 Å². The number of nitrogens with zero attached hydrogens (tertiary/aromatic N) is 5. The fourth-order valence-corrected chi connectivity index (χ4v) is 8.83. The van der Waals surface area contributed by atoms with Gasteiger partial charge in [0.2, 0.25) is 0 Å². The van der Waals surface area contributed by atoms with Gasteiger partial charge in [-0.05, 0) is 80.8 Å². The maximum atomic E-state index is 12.2. The van der Waals surface area contributed by atoms with Crippen LogP contribution in [0.3, 0.4) is 0 Å². The van der Waals surface area contributed by atoms with Crippen molar-refractivity contribution in [2.24, 2.45) is 0 Å². The number of hydrogen-bond acceptors (Lipinski definition) is 15. The van der Waals surface area contributed by atoms with Crippen LogP contribution in [0.2, 0.25) is 0 Å². The molecule has 2 atom stereocenters. The van der Waals surface area contributed by atoms with Crippen LogP contribution in [-0.4, -0.2) is 124 Å². The second kappa shape index (κ2) is 29.5. The lowest BCUT2D eigenvalue weighted by atomic mass is 9.80. The second-order valence-electron chi connectivity index (χ2n) is 15.9. The maximum absolute atomic E-state index is 12.2. The summed E-state index contributed by atoms with van der Waals surface area (Å²) >= 11 is 0. The number of hydrogen-bond donors (Lipinski definition) is 0. The molecule has 0 bridgehead atoms. The Hall–Kier alpha value is -5.31. The zero-order valence-electron chi connectivity index (χ0n) is 40.1. The lowest BCUT2D eigenvalue weighted by Gasteiger charge is -2.38. The molecule has 1 unspecified atom stereocenters. The minimum atomic E-state index is -1.55. The summed E-state index contributed by atoms with van der Waals surface area (Å²) < 4.78 is 64.2. The molecule has 0 amide bonds. The molecule has 17 heteroatoms. The highest BCUT2D eigenvalue weighted by atomic mass is 31.2. The van der Waals surface area contributed by atoms with Gasteiger partial charge in [0.15, 0.2) is 0 Å². The van der Waals surface area contributed by atoms with Gasteiger partial charge in [0.05, 0.1) is 111 Å². The minimum absolute atomic E-state index is 0.121. The first-order valence-corrected chi connectivity index (χ1v) is 24.0. The Morgan fingerprint density at radius 2 is 1.25 bits per heavy atom. The van der Waals surface area contributed by atoms with Crippen molar-refractivity contribution in [1.82, 2.24) is 19.7 Å². The molecule has 0 aliphatic heterocycles. The summed E-state index contributed by atoms with van der Waals surface area (Å²) in [6, 6.07) is 37.1. The molecule has 16 nitrogen and oxygen atoms in total. The third-order valence-electron chi connectivity index (χ3n) is 10.4. The fourth-order valence-electron chi connectivity index (χ4n) is 7.19. The average Bonchev–Trinajstić information content (AvgIpc) is 3.82. The molecule has 5 aromatic rings. The van der Waals surface area contributed by atoms with E-state index in [1.54, 1.807) is 49.4 Å². The SMILES string of the molecule is COc1ccc(C(OC[C@H](COP(OCCC#N)N(C(C)C)C(C)C)OCCOCCOCCOCc2cn(CCOC(=O)c3ccccc3)nn2)(c2ccccc2)c2ccc(OC)cc2)cc1. The lowest BCUT2D eigenvalue weighted by molar-refractivity contribution is -0.0897. The number of aromatic nitrogens is 3. The van der Waals surface area contributed by atoms with E-state index in [0.29, 0.717) is 50.8 Å². The normalized spacial score (nSPS) is 12.6. The Labute approximate surface area is 402 Å². The van der Waals surface area contributed by atoms with E-state index in [4.69, 9.17) is 46.9 Å². The highest BCUT2D eigenvalue weighted by Crippen LogP contribution is 2.47. The van der Waals surface area contributed by atoms with Crippen LogP contribution in [-0.2, 0) is 56.2 Å². The van der Waals surface area contributed by atoms with Gasteiger partial charge in [0.25, 0.3) is 8.53 Å². The Bertz CT molecular complexity index is 2140. The molecule has 68 heavy (non-hydrogen) atoms. The summed E-state index contributed by atoms with van der Waals surface area (Å²) in [6.07, 6.45) is 1.44. The monoisotopic (exact) mass is 955 g/mol. The second-order valence-corrected chi connectivity index (χ2v) is 17.4. The summed E-state index contributed by atoms with van der Waals surface area (Å²) in [7, 11) is 1.74. The molecule has 0 saturated carbocycles. The standard InChI is InChI=1S/C51H66N5O11P/c1-40(2)56(41(3)4)68(66-28-13-26-52)67-39-49(38-65-51(43-16-11-8-12-17-43,44-18-22-47(58-5)23-19-44)45-20-24-48(59-6)25-21-45)63-35-34-61-31-30-60-32-33-62-37-46-36-55(54-53-46)27-29-64-50(57)42-14-9-7-10-15-42/h7-12,14-25,36,40-41,49H,13,27-35,37-39H2,1-6H3/t49-,68?/m1/s1. The van der Waals surface area contributed by atoms with Crippen molar-refractivity contribution in [3.05, 3.63) is 143 Å². The highest BCUT2D eigenvalue weighted by molar-refractivity contribution is 7.44. The molecule has 0 spiro atoms. The predicted molar refractivity (Wildman–Crippen MR) is 257 cm³/mol. The van der Waals surface area contributed by atoms with Gasteiger partial charge in [-0.25, -0.2) is 14.1 Å². The predicted octanol–water partition coefficient (Wildman–Crippen LogP) is 8.39. The van der Waals surface area contributed by atoms with Gasteiger partial charge < -0.3 is 46.9 Å². The molecule has 0 aliphatic rings. The summed E-state index contributed by atoms with van der Waals surface area (Å²) in [5.41, 5.74) is 2.78. The van der Waals surface area contributed by atoms with Gasteiger partial charge in [0.1, 0.15) is 35.5 Å². The topological polar surface area (TPSA) is 167 Å². The van der Waals surface area contributed by atoms with E-state index in [-0.39, 0.29) is 64.1 Å². The van der Waals surface area contributed by atoms with Crippen LogP contribution < -0.4 is 9.47 Å². The van der Waals surface area contributed by atoms with E-state index < -0.39 is 20.2 Å². The molecule has 0 saturated heterocycles. The van der Waals surface area contributed by atoms with E-state index in [1.165, 1.54) is 0 Å². The number of esters is 1. The number of nitriles is 1. The van der Waals surface area contributed by atoms with Crippen molar-refractivity contribution in [2.45, 2.75) is 71.1 Å². The van der Waals surface area contributed by atoms with Crippen molar-refractivity contribution in [2.75, 3.05) is 80.3 Å². The summed E-state index contributed by atoms with van der Waals surface area (Å²) in [5, 5.41) is 17.5. The molecule has 1 heterocycles. The van der Waals surface area contributed by atoms with Crippen LogP contribution in [0.15, 0.2) is 115 Å². The Morgan fingerprint density at radius 3 is 1.82 bits per heavy atom. The van der Waals surface area contributed by atoms with Crippen molar-refractivity contribution in [3.8, 4) is 17.6 Å². The first-order valence-electron chi connectivity index (χ1n) is 22.8. The fraction of sp³-hybridized carbons (Fsp3) is 0.451. The maximum Gasteiger partial charge on any atom is 0.338 e.